The van der Waals surface area contributed by atoms with Crippen molar-refractivity contribution >= 4 is 28.4 Å². The molecule has 0 aliphatic heterocycles. The molecule has 1 aromatic heterocycles. The second kappa shape index (κ2) is 4.72. The molecule has 0 aliphatic rings. The van der Waals surface area contributed by atoms with Crippen LogP contribution in [0.1, 0.15) is 22.5 Å². The van der Waals surface area contributed by atoms with Crippen molar-refractivity contribution in [2.24, 2.45) is 0 Å². The number of methoxy groups -OCH3 is 1. The zero-order chi connectivity index (χ0) is 11.6. The van der Waals surface area contributed by atoms with Crippen LogP contribution in [-0.4, -0.2) is 17.3 Å². The van der Waals surface area contributed by atoms with Gasteiger partial charge in [0.1, 0.15) is 16.6 Å². The maximum absolute atomic E-state index is 12.6. The molecule has 0 bridgehead atoms. The van der Waals surface area contributed by atoms with Crippen LogP contribution >= 0.6 is 23.2 Å². The number of alkyl halides is 2. The van der Waals surface area contributed by atoms with E-state index >= 15 is 0 Å². The maximum atomic E-state index is 12.6. The van der Waals surface area contributed by atoms with Gasteiger partial charge in [0, 0.05) is 6.07 Å². The van der Waals surface area contributed by atoms with E-state index in [4.69, 9.17) is 23.2 Å². The summed E-state index contributed by atoms with van der Waals surface area (Å²) in [5.74, 6) is -0.214. The maximum Gasteiger partial charge on any atom is 0.271 e. The van der Waals surface area contributed by atoms with E-state index in [1.165, 1.54) is 7.11 Å². The number of aromatic nitrogens is 1. The zero-order valence-corrected chi connectivity index (χ0v) is 8.94. The molecule has 15 heavy (non-hydrogen) atoms. The van der Waals surface area contributed by atoms with Crippen LogP contribution in [0.25, 0.3) is 0 Å². The van der Waals surface area contributed by atoms with Crippen LogP contribution in [0.15, 0.2) is 6.07 Å². The van der Waals surface area contributed by atoms with Crippen LogP contribution < -0.4 is 4.74 Å². The van der Waals surface area contributed by atoms with Crippen molar-refractivity contribution in [1.82, 2.24) is 4.98 Å². The first-order valence-corrected chi connectivity index (χ1v) is 4.45. The molecule has 0 aliphatic carbocycles. The summed E-state index contributed by atoms with van der Waals surface area (Å²) < 4.78 is 29.8. The number of halogens is 4. The Kier molecular flexibility index (Phi) is 3.82. The van der Waals surface area contributed by atoms with Gasteiger partial charge in [-0.05, 0) is 11.6 Å². The van der Waals surface area contributed by atoms with E-state index in [0.717, 1.165) is 6.07 Å². The highest BCUT2D eigenvalue weighted by Crippen LogP contribution is 2.33. The quantitative estimate of drug-likeness (QED) is 0.616. The molecule has 1 aromatic rings. The lowest BCUT2D eigenvalue weighted by Gasteiger charge is -2.10. The summed E-state index contributed by atoms with van der Waals surface area (Å²) in [6.07, 6.45) is -2.91. The molecular weight excluding hydrogens is 251 g/mol. The van der Waals surface area contributed by atoms with Crippen molar-refractivity contribution in [1.29, 1.82) is 0 Å². The molecule has 0 saturated heterocycles. The van der Waals surface area contributed by atoms with E-state index in [9.17, 15) is 13.6 Å². The highest BCUT2D eigenvalue weighted by Gasteiger charge is 2.24. The van der Waals surface area contributed by atoms with Crippen LogP contribution in [0.3, 0.4) is 0 Å². The van der Waals surface area contributed by atoms with Gasteiger partial charge in [-0.25, -0.2) is 13.8 Å². The fraction of sp³-hybridized carbons (Fsp3) is 0.250. The number of nitrogens with zero attached hydrogens (tertiary/aromatic N) is 1. The van der Waals surface area contributed by atoms with Crippen molar-refractivity contribution in [3.8, 4) is 5.75 Å². The first-order chi connectivity index (χ1) is 6.97. The Balaban J connectivity index is 3.47. The third-order valence-electron chi connectivity index (χ3n) is 1.61. The van der Waals surface area contributed by atoms with Crippen LogP contribution in [-0.2, 0) is 0 Å². The minimum Gasteiger partial charge on any atom is -0.496 e. The summed E-state index contributed by atoms with van der Waals surface area (Å²) in [4.78, 5) is 14.3. The summed E-state index contributed by atoms with van der Waals surface area (Å²) in [7, 11) is 1.18. The summed E-state index contributed by atoms with van der Waals surface area (Å²) >= 11 is 10.6. The molecule has 0 atom stereocenters. The van der Waals surface area contributed by atoms with Gasteiger partial charge in [-0.1, -0.05) is 11.6 Å². The smallest absolute Gasteiger partial charge is 0.271 e. The van der Waals surface area contributed by atoms with E-state index in [0.29, 0.717) is 0 Å². The summed E-state index contributed by atoms with van der Waals surface area (Å²) in [5.41, 5.74) is -1.24. The summed E-state index contributed by atoms with van der Waals surface area (Å²) in [6, 6.07) is 1.09. The number of pyridine rings is 1. The monoisotopic (exact) mass is 255 g/mol. The van der Waals surface area contributed by atoms with Gasteiger partial charge in [0.15, 0.2) is 0 Å². The Morgan fingerprint density at radius 2 is 2.20 bits per heavy atom. The van der Waals surface area contributed by atoms with E-state index in [1.807, 2.05) is 0 Å². The number of hydrogen-bond donors (Lipinski definition) is 0. The van der Waals surface area contributed by atoms with Crippen molar-refractivity contribution in [3.05, 3.63) is 22.5 Å². The highest BCUT2D eigenvalue weighted by atomic mass is 35.5. The summed E-state index contributed by atoms with van der Waals surface area (Å²) in [5, 5.41) is -1.24. The lowest BCUT2D eigenvalue weighted by Crippen LogP contribution is -2.05. The molecule has 1 heterocycles. The van der Waals surface area contributed by atoms with E-state index < -0.39 is 22.9 Å². The molecule has 3 nitrogen and oxygen atoms in total. The van der Waals surface area contributed by atoms with Gasteiger partial charge < -0.3 is 4.74 Å². The second-order valence-electron chi connectivity index (χ2n) is 2.48. The molecule has 0 saturated carbocycles. The topological polar surface area (TPSA) is 39.2 Å². The number of carbonyl (C=O) groups is 1. The fourth-order valence-electron chi connectivity index (χ4n) is 1.03. The second-order valence-corrected chi connectivity index (χ2v) is 3.21. The zero-order valence-electron chi connectivity index (χ0n) is 7.43. The lowest BCUT2D eigenvalue weighted by atomic mass is 10.2. The van der Waals surface area contributed by atoms with Crippen molar-refractivity contribution < 1.29 is 18.3 Å². The first kappa shape index (κ1) is 12.1. The van der Waals surface area contributed by atoms with Gasteiger partial charge in [-0.2, -0.15) is 0 Å². The Hall–Kier alpha value is -0.940. The Bertz CT molecular complexity index is 398. The van der Waals surface area contributed by atoms with E-state index in [2.05, 4.69) is 9.72 Å². The molecule has 0 radical (unpaired) electrons. The number of hydrogen-bond acceptors (Lipinski definition) is 3. The number of rotatable bonds is 3. The molecule has 0 fully saturated rings. The minimum atomic E-state index is -2.91. The van der Waals surface area contributed by atoms with E-state index in [1.54, 1.807) is 0 Å². The van der Waals surface area contributed by atoms with Gasteiger partial charge in [0.25, 0.3) is 11.7 Å². The summed E-state index contributed by atoms with van der Waals surface area (Å²) in [6.45, 7) is 0. The molecule has 0 amide bonds. The molecule has 0 aromatic carbocycles. The fourth-order valence-corrected chi connectivity index (χ4v) is 1.36. The largest absolute Gasteiger partial charge is 0.496 e. The van der Waals surface area contributed by atoms with Gasteiger partial charge in [0.05, 0.1) is 12.7 Å². The van der Waals surface area contributed by atoms with Gasteiger partial charge in [-0.3, -0.25) is 4.79 Å². The minimum absolute atomic E-state index is 0.139. The van der Waals surface area contributed by atoms with Gasteiger partial charge in [-0.15, -0.1) is 0 Å². The standard InChI is InChI=1S/C8H5Cl2F2NO2/c1-15-3-2-4(9)13-6(7(10)14)5(3)8(11)12/h2,8H,1H3. The molecule has 82 valence electrons. The number of carbonyl (C=O) groups excluding carboxylic acids is 1. The Labute approximate surface area is 94.0 Å². The molecule has 7 heteroatoms. The van der Waals surface area contributed by atoms with Gasteiger partial charge in [0.2, 0.25) is 0 Å². The van der Waals surface area contributed by atoms with Crippen molar-refractivity contribution in [2.75, 3.05) is 7.11 Å². The first-order valence-electron chi connectivity index (χ1n) is 3.69. The average Bonchev–Trinajstić information content (AvgIpc) is 2.15. The van der Waals surface area contributed by atoms with E-state index in [-0.39, 0.29) is 10.9 Å². The Morgan fingerprint density at radius 3 is 2.60 bits per heavy atom. The van der Waals surface area contributed by atoms with Crippen LogP contribution in [0.2, 0.25) is 5.15 Å². The van der Waals surface area contributed by atoms with Crippen LogP contribution in [0.4, 0.5) is 8.78 Å². The number of ether oxygens (including phenoxy) is 1. The van der Waals surface area contributed by atoms with Crippen molar-refractivity contribution in [3.63, 3.8) is 0 Å². The predicted octanol–water partition coefficient (Wildman–Crippen LogP) is 3.06. The normalized spacial score (nSPS) is 10.5. The molecule has 0 spiro atoms. The SMILES string of the molecule is COc1cc(Cl)nc(C(=O)Cl)c1C(F)F. The third-order valence-corrected chi connectivity index (χ3v) is 1.99. The Morgan fingerprint density at radius 1 is 1.60 bits per heavy atom. The van der Waals surface area contributed by atoms with Crippen molar-refractivity contribution in [2.45, 2.75) is 6.43 Å². The van der Waals surface area contributed by atoms with Crippen LogP contribution in [0, 0.1) is 0 Å². The average molecular weight is 256 g/mol. The predicted molar refractivity (Wildman–Crippen MR) is 50.9 cm³/mol. The van der Waals surface area contributed by atoms with Gasteiger partial charge >= 0.3 is 0 Å². The third kappa shape index (κ3) is 2.54. The highest BCUT2D eigenvalue weighted by molar-refractivity contribution is 6.67. The molecule has 1 rings (SSSR count). The molecule has 0 N–H and O–H groups in total. The molecular formula is C8H5Cl2F2NO2. The molecule has 0 unspecified atom stereocenters. The van der Waals surface area contributed by atoms with Crippen LogP contribution in [0.5, 0.6) is 5.75 Å². The lowest BCUT2D eigenvalue weighted by molar-refractivity contribution is 0.105.